The molecule has 5 aromatic carbocycles. The molecule has 5 rings (SSSR count). The first kappa shape index (κ1) is 29.7. The number of hydrogen-bond acceptors (Lipinski definition) is 2. The van der Waals surface area contributed by atoms with Crippen LogP contribution in [0.3, 0.4) is 0 Å². The van der Waals surface area contributed by atoms with E-state index in [1.807, 2.05) is 18.2 Å². The van der Waals surface area contributed by atoms with Gasteiger partial charge in [-0.1, -0.05) is 0 Å². The zero-order valence-corrected chi connectivity index (χ0v) is 26.2. The number of para-hydroxylation sites is 1. The van der Waals surface area contributed by atoms with E-state index in [4.69, 9.17) is 4.74 Å². The number of carbonyl (C=O) groups is 1. The average molecular weight is 678 g/mol. The van der Waals surface area contributed by atoms with Crippen LogP contribution in [0, 0.1) is 0 Å². The molecule has 0 saturated carbocycles. The summed E-state index contributed by atoms with van der Waals surface area (Å²) >= 11 is 3.74. The van der Waals surface area contributed by atoms with E-state index in [2.05, 4.69) is 125 Å². The van der Waals surface area contributed by atoms with E-state index < -0.39 is 13.2 Å². The van der Waals surface area contributed by atoms with Gasteiger partial charge in [-0.25, -0.2) is 0 Å². The molecular weight excluding hydrogens is 647 g/mol. The molecule has 0 bridgehead atoms. The fourth-order valence-corrected chi connectivity index (χ4v) is 10.6. The molecule has 40 heavy (non-hydrogen) atoms. The summed E-state index contributed by atoms with van der Waals surface area (Å²) in [5.41, 5.74) is 2.93. The summed E-state index contributed by atoms with van der Waals surface area (Å²) in [5.74, 6) is -0.275. The molecule has 0 radical (unpaired) electrons. The van der Waals surface area contributed by atoms with Crippen LogP contribution in [0.25, 0.3) is 0 Å². The van der Waals surface area contributed by atoms with Crippen molar-refractivity contribution in [2.45, 2.75) is 19.2 Å². The summed E-state index contributed by atoms with van der Waals surface area (Å²) < 4.78 is 7.14. The summed E-state index contributed by atoms with van der Waals surface area (Å²) in [6, 6.07) is 46.5. The van der Waals surface area contributed by atoms with Crippen LogP contribution >= 0.6 is 40.2 Å². The van der Waals surface area contributed by atoms with Crippen molar-refractivity contribution in [3.8, 4) is 5.75 Å². The van der Waals surface area contributed by atoms with Gasteiger partial charge in [0.1, 0.15) is 0 Å². The zero-order chi connectivity index (χ0) is 27.1. The Morgan fingerprint density at radius 3 is 1.68 bits per heavy atom. The number of rotatable bonds is 10. The number of benzene rings is 5. The number of carboxylic acid groups (broad SMARTS) is 1. The maximum absolute atomic E-state index is 11.3. The average Bonchev–Trinajstić information content (AvgIpc) is 2.96. The molecule has 3 nitrogen and oxygen atoms in total. The van der Waals surface area contributed by atoms with Crippen LogP contribution in [0.2, 0.25) is 0 Å². The zero-order valence-electron chi connectivity index (χ0n) is 21.9. The van der Waals surface area contributed by atoms with Crippen LogP contribution in [-0.2, 0) is 24.0 Å². The van der Waals surface area contributed by atoms with Crippen molar-refractivity contribution >= 4 is 62.1 Å². The molecule has 6 heteroatoms. The predicted molar refractivity (Wildman–Crippen MR) is 177 cm³/mol. The van der Waals surface area contributed by atoms with E-state index in [-0.39, 0.29) is 23.4 Å². The standard InChI is InChI=1S/C34H30BrO3P.BrH/c35-29-21-26(24-38-33-19-11-10-12-28(33)23-34(36)37)20-27(22-29)25-39(30-13-4-1-5-14-30,31-15-6-2-7-16-31)32-17-8-3-9-18-32;/h1-22,39H,23-25H2,(H,36,37);1H. The Morgan fingerprint density at radius 1 is 0.675 bits per heavy atom. The second-order valence-corrected chi connectivity index (χ2v) is 14.4. The molecule has 0 aliphatic rings. The van der Waals surface area contributed by atoms with E-state index in [9.17, 15) is 9.90 Å². The Hall–Kier alpha value is -3.24. The number of carboxylic acids is 1. The van der Waals surface area contributed by atoms with Gasteiger partial charge in [0.15, 0.2) is 0 Å². The number of hydrogen-bond donors (Lipinski definition) is 1. The Labute approximate surface area is 255 Å². The van der Waals surface area contributed by atoms with Gasteiger partial charge in [0.05, 0.1) is 0 Å². The maximum atomic E-state index is 11.3. The van der Waals surface area contributed by atoms with Crippen molar-refractivity contribution in [1.82, 2.24) is 0 Å². The first-order valence-corrected chi connectivity index (χ1v) is 15.9. The molecule has 0 saturated heterocycles. The topological polar surface area (TPSA) is 46.5 Å². The molecule has 0 fully saturated rings. The van der Waals surface area contributed by atoms with Gasteiger partial charge >= 0.3 is 239 Å². The molecule has 0 aliphatic carbocycles. The van der Waals surface area contributed by atoms with Crippen molar-refractivity contribution in [2.75, 3.05) is 0 Å². The fraction of sp³-hybridized carbons (Fsp3) is 0.0882. The van der Waals surface area contributed by atoms with Gasteiger partial charge in [0, 0.05) is 0 Å². The van der Waals surface area contributed by atoms with Crippen molar-refractivity contribution in [3.05, 3.63) is 155 Å². The second-order valence-electron chi connectivity index (χ2n) is 9.61. The van der Waals surface area contributed by atoms with Crippen molar-refractivity contribution in [1.29, 1.82) is 0 Å². The third kappa shape index (κ3) is 6.90. The second kappa shape index (κ2) is 13.9. The first-order chi connectivity index (χ1) is 19.0. The number of halogens is 2. The number of ether oxygens (including phenoxy) is 1. The minimum atomic E-state index is -2.45. The third-order valence-electron chi connectivity index (χ3n) is 7.00. The van der Waals surface area contributed by atoms with Crippen LogP contribution in [0.1, 0.15) is 16.7 Å². The van der Waals surface area contributed by atoms with Crippen molar-refractivity contribution in [3.63, 3.8) is 0 Å². The van der Waals surface area contributed by atoms with Gasteiger partial charge in [0.25, 0.3) is 0 Å². The minimum absolute atomic E-state index is 0. The van der Waals surface area contributed by atoms with Crippen molar-refractivity contribution in [2.24, 2.45) is 0 Å². The van der Waals surface area contributed by atoms with Gasteiger partial charge in [0.2, 0.25) is 0 Å². The van der Waals surface area contributed by atoms with E-state index in [0.29, 0.717) is 17.9 Å². The van der Waals surface area contributed by atoms with E-state index >= 15 is 0 Å². The molecule has 0 spiro atoms. The van der Waals surface area contributed by atoms with Crippen LogP contribution in [0.5, 0.6) is 5.75 Å². The fourth-order valence-electron chi connectivity index (χ4n) is 5.30. The van der Waals surface area contributed by atoms with Crippen molar-refractivity contribution < 1.29 is 14.6 Å². The molecule has 0 amide bonds. The molecule has 1 N–H and O–H groups in total. The Morgan fingerprint density at radius 2 is 1.15 bits per heavy atom. The predicted octanol–water partition coefficient (Wildman–Crippen LogP) is 7.46. The summed E-state index contributed by atoms with van der Waals surface area (Å²) in [5, 5.41) is 13.4. The molecule has 0 aliphatic heterocycles. The Kier molecular flexibility index (Phi) is 10.3. The molecule has 0 unspecified atom stereocenters. The molecule has 0 aromatic heterocycles. The van der Waals surface area contributed by atoms with Gasteiger partial charge in [-0.3, -0.25) is 0 Å². The van der Waals surface area contributed by atoms with Gasteiger partial charge < -0.3 is 0 Å². The normalized spacial score (nSPS) is 11.3. The van der Waals surface area contributed by atoms with Gasteiger partial charge in [-0.15, -0.1) is 17.0 Å². The first-order valence-electron chi connectivity index (χ1n) is 12.9. The summed E-state index contributed by atoms with van der Waals surface area (Å²) in [7, 11) is -2.45. The van der Waals surface area contributed by atoms with Crippen LogP contribution in [-0.4, -0.2) is 11.1 Å². The van der Waals surface area contributed by atoms with E-state index in [0.717, 1.165) is 16.2 Å². The Balaban J connectivity index is 0.00000370. The summed E-state index contributed by atoms with van der Waals surface area (Å²) in [6.45, 7) is 0.347. The van der Waals surface area contributed by atoms with Gasteiger partial charge in [-0.2, -0.15) is 0 Å². The molecule has 204 valence electrons. The van der Waals surface area contributed by atoms with Gasteiger partial charge in [-0.05, 0) is 0 Å². The molecular formula is C34H31Br2O3P. The molecule has 0 atom stereocenters. The summed E-state index contributed by atoms with van der Waals surface area (Å²) in [6.07, 6.45) is 0.812. The molecule has 5 aromatic rings. The van der Waals surface area contributed by atoms with Crippen LogP contribution < -0.4 is 20.7 Å². The summed E-state index contributed by atoms with van der Waals surface area (Å²) in [4.78, 5) is 11.3. The SMILES string of the molecule is Br.O=C(O)Cc1ccccc1OCc1cc(Br)cc(C[PH](c2ccccc2)(c2ccccc2)c2ccccc2)c1. The quantitative estimate of drug-likeness (QED) is 0.156. The Bertz CT molecular complexity index is 1450. The third-order valence-corrected chi connectivity index (χ3v) is 12.3. The van der Waals surface area contributed by atoms with E-state index in [1.54, 1.807) is 6.07 Å². The van der Waals surface area contributed by atoms with E-state index in [1.165, 1.54) is 21.5 Å². The van der Waals surface area contributed by atoms with Crippen LogP contribution in [0.15, 0.2) is 138 Å². The van der Waals surface area contributed by atoms with Crippen LogP contribution in [0.4, 0.5) is 0 Å². The monoisotopic (exact) mass is 676 g/mol. The number of aliphatic carboxylic acids is 1. The molecule has 0 heterocycles.